The topological polar surface area (TPSA) is 77.2 Å². The van der Waals surface area contributed by atoms with E-state index >= 15 is 0 Å². The molecular weight excluding hydrogens is 304 g/mol. The highest BCUT2D eigenvalue weighted by Crippen LogP contribution is 2.49. The Morgan fingerprint density at radius 3 is 2.61 bits per heavy atom. The van der Waals surface area contributed by atoms with E-state index in [1.165, 1.54) is 0 Å². The SMILES string of the molecule is CCO[C@H]1C[C@@H](NC(=O)c2c(F)cc(N)nc2F)C1(CC)CC. The van der Waals surface area contributed by atoms with E-state index in [-0.39, 0.29) is 23.4 Å². The van der Waals surface area contributed by atoms with E-state index in [4.69, 9.17) is 10.5 Å². The second-order valence-corrected chi connectivity index (χ2v) is 5.84. The van der Waals surface area contributed by atoms with Crippen molar-refractivity contribution in [3.63, 3.8) is 0 Å². The van der Waals surface area contributed by atoms with Gasteiger partial charge in [0.1, 0.15) is 17.2 Å². The van der Waals surface area contributed by atoms with Crippen LogP contribution < -0.4 is 11.1 Å². The maximum absolute atomic E-state index is 13.8. The number of hydrogen-bond donors (Lipinski definition) is 2. The van der Waals surface area contributed by atoms with Crippen LogP contribution in [0, 0.1) is 17.2 Å². The second-order valence-electron chi connectivity index (χ2n) is 5.84. The van der Waals surface area contributed by atoms with E-state index in [1.807, 2.05) is 20.8 Å². The monoisotopic (exact) mass is 327 g/mol. The lowest BCUT2D eigenvalue weighted by atomic mass is 9.58. The molecule has 2 atom stereocenters. The molecule has 0 aliphatic heterocycles. The van der Waals surface area contributed by atoms with Crippen LogP contribution in [0.1, 0.15) is 50.4 Å². The fraction of sp³-hybridized carbons (Fsp3) is 0.625. The molecule has 128 valence electrons. The normalized spacial score (nSPS) is 22.5. The van der Waals surface area contributed by atoms with E-state index in [2.05, 4.69) is 10.3 Å². The van der Waals surface area contributed by atoms with E-state index in [0.717, 1.165) is 18.9 Å². The van der Waals surface area contributed by atoms with Crippen molar-refractivity contribution in [2.75, 3.05) is 12.3 Å². The molecule has 1 aromatic rings. The number of hydrogen-bond acceptors (Lipinski definition) is 4. The minimum absolute atomic E-state index is 0.0482. The van der Waals surface area contributed by atoms with Crippen LogP contribution in [0.2, 0.25) is 0 Å². The molecule has 0 spiro atoms. The maximum atomic E-state index is 13.8. The number of nitrogens with zero attached hydrogens (tertiary/aromatic N) is 1. The number of rotatable bonds is 6. The molecule has 1 heterocycles. The highest BCUT2D eigenvalue weighted by Gasteiger charge is 2.54. The van der Waals surface area contributed by atoms with Crippen molar-refractivity contribution in [2.45, 2.75) is 52.2 Å². The van der Waals surface area contributed by atoms with Crippen molar-refractivity contribution >= 4 is 11.7 Å². The first kappa shape index (κ1) is 17.6. The number of nitrogen functional groups attached to an aromatic ring is 1. The van der Waals surface area contributed by atoms with Crippen molar-refractivity contribution < 1.29 is 18.3 Å². The highest BCUT2D eigenvalue weighted by molar-refractivity contribution is 5.95. The van der Waals surface area contributed by atoms with Gasteiger partial charge < -0.3 is 15.8 Å². The van der Waals surface area contributed by atoms with E-state index in [1.54, 1.807) is 0 Å². The molecule has 1 amide bonds. The van der Waals surface area contributed by atoms with Crippen LogP contribution in [0.15, 0.2) is 6.07 Å². The quantitative estimate of drug-likeness (QED) is 0.788. The Labute approximate surface area is 134 Å². The van der Waals surface area contributed by atoms with Gasteiger partial charge >= 0.3 is 0 Å². The average Bonchev–Trinajstić information content (AvgIpc) is 2.46. The van der Waals surface area contributed by atoms with Gasteiger partial charge in [-0.3, -0.25) is 4.79 Å². The molecule has 0 unspecified atom stereocenters. The summed E-state index contributed by atoms with van der Waals surface area (Å²) in [5, 5.41) is 2.74. The summed E-state index contributed by atoms with van der Waals surface area (Å²) in [5.74, 6) is -3.31. The zero-order valence-electron chi connectivity index (χ0n) is 13.7. The van der Waals surface area contributed by atoms with Gasteiger partial charge in [0.25, 0.3) is 5.91 Å². The van der Waals surface area contributed by atoms with Gasteiger partial charge in [-0.2, -0.15) is 4.39 Å². The third kappa shape index (κ3) is 3.02. The van der Waals surface area contributed by atoms with Gasteiger partial charge in [-0.05, 0) is 26.2 Å². The predicted octanol–water partition coefficient (Wildman–Crippen LogP) is 2.66. The first-order valence-electron chi connectivity index (χ1n) is 7.93. The summed E-state index contributed by atoms with van der Waals surface area (Å²) in [6.45, 7) is 6.57. The summed E-state index contributed by atoms with van der Waals surface area (Å²) in [5.41, 5.74) is 4.36. The molecule has 0 bridgehead atoms. The number of carbonyl (C=O) groups excluding carboxylic acids is 1. The van der Waals surface area contributed by atoms with Crippen molar-refractivity contribution in [2.24, 2.45) is 5.41 Å². The van der Waals surface area contributed by atoms with Gasteiger partial charge in [-0.15, -0.1) is 0 Å². The molecule has 1 saturated carbocycles. The lowest BCUT2D eigenvalue weighted by Crippen LogP contribution is -2.64. The van der Waals surface area contributed by atoms with Crippen molar-refractivity contribution in [3.8, 4) is 0 Å². The molecule has 0 saturated heterocycles. The van der Waals surface area contributed by atoms with Crippen LogP contribution >= 0.6 is 0 Å². The molecule has 5 nitrogen and oxygen atoms in total. The van der Waals surface area contributed by atoms with Crippen LogP contribution in [0.5, 0.6) is 0 Å². The zero-order valence-corrected chi connectivity index (χ0v) is 13.7. The van der Waals surface area contributed by atoms with Crippen LogP contribution in [0.3, 0.4) is 0 Å². The van der Waals surface area contributed by atoms with Gasteiger partial charge in [0.2, 0.25) is 5.95 Å². The molecule has 0 radical (unpaired) electrons. The number of pyridine rings is 1. The second kappa shape index (κ2) is 6.78. The van der Waals surface area contributed by atoms with Crippen LogP contribution in [0.4, 0.5) is 14.6 Å². The summed E-state index contributed by atoms with van der Waals surface area (Å²) >= 11 is 0. The Morgan fingerprint density at radius 2 is 2.09 bits per heavy atom. The number of aromatic nitrogens is 1. The predicted molar refractivity (Wildman–Crippen MR) is 82.9 cm³/mol. The summed E-state index contributed by atoms with van der Waals surface area (Å²) in [7, 11) is 0. The highest BCUT2D eigenvalue weighted by atomic mass is 19.1. The molecule has 1 aliphatic carbocycles. The molecule has 0 aromatic carbocycles. The molecule has 1 fully saturated rings. The molecule has 3 N–H and O–H groups in total. The molecule has 1 aromatic heterocycles. The summed E-state index contributed by atoms with van der Waals surface area (Å²) in [6, 6.07) is 0.659. The van der Waals surface area contributed by atoms with E-state index in [0.29, 0.717) is 13.0 Å². The maximum Gasteiger partial charge on any atom is 0.259 e. The first-order chi connectivity index (χ1) is 10.9. The Morgan fingerprint density at radius 1 is 1.43 bits per heavy atom. The van der Waals surface area contributed by atoms with Crippen LogP contribution in [-0.4, -0.2) is 29.6 Å². The van der Waals surface area contributed by atoms with Crippen molar-refractivity contribution in [3.05, 3.63) is 23.4 Å². The standard InChI is InChI=1S/C16H23F2N3O2/c1-4-16(5-2)10(8-11(16)23-6-3)20-15(22)13-9(17)7-12(19)21-14(13)18/h7,10-11H,4-6,8H2,1-3H3,(H2,19,21)(H,20,22)/t10-,11+/m1/s1. The zero-order chi connectivity index (χ0) is 17.2. The number of nitrogens with one attached hydrogen (secondary N) is 1. The Hall–Kier alpha value is -1.76. The smallest absolute Gasteiger partial charge is 0.259 e. The van der Waals surface area contributed by atoms with Gasteiger partial charge in [0.15, 0.2) is 0 Å². The van der Waals surface area contributed by atoms with E-state index < -0.39 is 23.2 Å². The molecule has 23 heavy (non-hydrogen) atoms. The van der Waals surface area contributed by atoms with Crippen molar-refractivity contribution in [1.82, 2.24) is 10.3 Å². The Bertz CT molecular complexity index is 568. The number of anilines is 1. The Balaban J connectivity index is 2.18. The van der Waals surface area contributed by atoms with Crippen LogP contribution in [0.25, 0.3) is 0 Å². The molecule has 1 aliphatic rings. The number of nitrogens with two attached hydrogens (primary N) is 1. The fourth-order valence-electron chi connectivity index (χ4n) is 3.52. The van der Waals surface area contributed by atoms with Crippen molar-refractivity contribution in [1.29, 1.82) is 0 Å². The lowest BCUT2D eigenvalue weighted by molar-refractivity contribution is -0.134. The third-order valence-electron chi connectivity index (χ3n) is 4.95. The summed E-state index contributed by atoms with van der Waals surface area (Å²) < 4.78 is 33.3. The minimum Gasteiger partial charge on any atom is -0.384 e. The Kier molecular flexibility index (Phi) is 5.19. The van der Waals surface area contributed by atoms with Gasteiger partial charge in [0.05, 0.1) is 6.10 Å². The third-order valence-corrected chi connectivity index (χ3v) is 4.95. The number of ether oxygens (including phenoxy) is 1. The van der Waals surface area contributed by atoms with Gasteiger partial charge in [-0.1, -0.05) is 13.8 Å². The summed E-state index contributed by atoms with van der Waals surface area (Å²) in [4.78, 5) is 15.6. The first-order valence-corrected chi connectivity index (χ1v) is 7.93. The van der Waals surface area contributed by atoms with E-state index in [9.17, 15) is 13.6 Å². The van der Waals surface area contributed by atoms with Gasteiger partial charge in [0, 0.05) is 24.1 Å². The number of amides is 1. The summed E-state index contributed by atoms with van der Waals surface area (Å²) in [6.07, 6.45) is 2.30. The number of carbonyl (C=O) groups is 1. The number of halogens is 2. The average molecular weight is 327 g/mol. The molecular formula is C16H23F2N3O2. The largest absolute Gasteiger partial charge is 0.384 e. The molecule has 2 rings (SSSR count). The van der Waals surface area contributed by atoms with Crippen LogP contribution in [-0.2, 0) is 4.74 Å². The minimum atomic E-state index is -1.20. The lowest BCUT2D eigenvalue weighted by Gasteiger charge is -2.55. The van der Waals surface area contributed by atoms with Gasteiger partial charge in [-0.25, -0.2) is 9.37 Å². The molecule has 7 heteroatoms. The fourth-order valence-corrected chi connectivity index (χ4v) is 3.52.